The third-order valence-corrected chi connectivity index (χ3v) is 1.82. The Balaban J connectivity index is 2.45. The maximum absolute atomic E-state index is 8.10. The Kier molecular flexibility index (Phi) is 1.36. The van der Waals surface area contributed by atoms with Crippen LogP contribution in [0, 0.1) is 0 Å². The first-order valence-corrected chi connectivity index (χ1v) is 3.98. The van der Waals surface area contributed by atoms with Crippen molar-refractivity contribution < 1.29 is 16.4 Å². The summed E-state index contributed by atoms with van der Waals surface area (Å²) in [6, 6.07) is 6.26. The molecule has 0 aliphatic carbocycles. The van der Waals surface area contributed by atoms with Gasteiger partial charge >= 0.3 is 0 Å². The summed E-state index contributed by atoms with van der Waals surface area (Å²) in [5, 5.41) is 0. The molecule has 0 amide bonds. The molecule has 2 atom stereocenters. The fraction of sp³-hybridized carbons (Fsp3) is 0.400. The second-order valence-electron chi connectivity index (χ2n) is 2.71. The minimum atomic E-state index is -2.48. The summed E-state index contributed by atoms with van der Waals surface area (Å²) in [5.41, 5.74) is 0.522. The van der Waals surface area contributed by atoms with Gasteiger partial charge in [-0.1, -0.05) is 30.3 Å². The van der Waals surface area contributed by atoms with Crippen LogP contribution < -0.4 is 5.72 Å². The lowest BCUT2D eigenvalue weighted by molar-refractivity contribution is -0.151. The van der Waals surface area contributed by atoms with E-state index in [0.29, 0.717) is 5.56 Å². The van der Waals surface area contributed by atoms with Crippen molar-refractivity contribution in [1.29, 1.82) is 0 Å². The average molecular weight is 184 g/mol. The molecule has 1 saturated heterocycles. The van der Waals surface area contributed by atoms with E-state index in [1.807, 2.05) is 0 Å². The molecule has 13 heavy (non-hydrogen) atoms. The van der Waals surface area contributed by atoms with Crippen molar-refractivity contribution in [2.45, 2.75) is 12.1 Å². The van der Waals surface area contributed by atoms with Gasteiger partial charge in [-0.3, -0.25) is 0 Å². The van der Waals surface area contributed by atoms with Crippen LogP contribution in [-0.4, -0.2) is 19.4 Å². The average Bonchev–Trinajstić information content (AvgIpc) is 2.33. The molecule has 0 radical (unpaired) electrons. The number of hydrogen-bond donors (Lipinski definition) is 1. The van der Waals surface area contributed by atoms with Gasteiger partial charge < -0.3 is 15.2 Å². The van der Waals surface area contributed by atoms with E-state index >= 15 is 0 Å². The van der Waals surface area contributed by atoms with Crippen LogP contribution >= 0.6 is 0 Å². The van der Waals surface area contributed by atoms with E-state index in [2.05, 4.69) is 0 Å². The van der Waals surface area contributed by atoms with Crippen LogP contribution in [0.25, 0.3) is 0 Å². The molecule has 1 heterocycles. The van der Waals surface area contributed by atoms with Gasteiger partial charge in [-0.25, -0.2) is 0 Å². The topological polar surface area (TPSA) is 44.5 Å². The highest BCUT2D eigenvalue weighted by atomic mass is 16.7. The summed E-state index contributed by atoms with van der Waals surface area (Å²) in [5.74, 6) is 0. The molecule has 1 aromatic carbocycles. The highest BCUT2D eigenvalue weighted by molar-refractivity contribution is 5.19. The molecular formula is C10H13NO2. The third-order valence-electron chi connectivity index (χ3n) is 1.82. The van der Waals surface area contributed by atoms with Crippen molar-refractivity contribution >= 4 is 0 Å². The van der Waals surface area contributed by atoms with Gasteiger partial charge in [0, 0.05) is 0 Å². The molecule has 1 aromatic rings. The molecule has 1 fully saturated rings. The number of ether oxygens (including phenoxy) is 2. The number of hydrogen-bond acceptors (Lipinski definition) is 3. The summed E-state index contributed by atoms with van der Waals surface area (Å²) >= 11 is 0. The molecule has 2 rings (SSSR count). The Morgan fingerprint density at radius 1 is 1.54 bits per heavy atom. The Morgan fingerprint density at radius 2 is 2.38 bits per heavy atom. The fourth-order valence-corrected chi connectivity index (χ4v) is 1.22. The van der Waals surface area contributed by atoms with E-state index in [0.717, 1.165) is 0 Å². The molecule has 1 aliphatic rings. The SMILES string of the molecule is [2H]N([2H])C1([2H])C(c2ccccc2)OCOC1([2H])[2H]. The van der Waals surface area contributed by atoms with Crippen molar-refractivity contribution in [3.63, 3.8) is 0 Å². The van der Waals surface area contributed by atoms with Crippen LogP contribution in [0.3, 0.4) is 0 Å². The third kappa shape index (κ3) is 1.88. The van der Waals surface area contributed by atoms with Crippen molar-refractivity contribution in [2.75, 3.05) is 13.4 Å². The Labute approximate surface area is 84.6 Å². The van der Waals surface area contributed by atoms with Gasteiger partial charge in [-0.15, -0.1) is 0 Å². The molecule has 3 nitrogen and oxygen atoms in total. The standard InChI is InChI=1S/C10H13NO2/c11-9-6-12-7-13-10(9)8-4-2-1-3-5-8/h1-5,9-10H,6-7,11H2/i6D2,9D/hD2. The first kappa shape index (κ1) is 4.55. The smallest absolute Gasteiger partial charge is 0.147 e. The zero-order valence-electron chi connectivity index (χ0n) is 11.9. The van der Waals surface area contributed by atoms with Crippen molar-refractivity contribution in [3.8, 4) is 0 Å². The van der Waals surface area contributed by atoms with E-state index in [9.17, 15) is 0 Å². The maximum Gasteiger partial charge on any atom is 0.147 e. The van der Waals surface area contributed by atoms with Gasteiger partial charge in [-0.05, 0) is 5.56 Å². The number of rotatable bonds is 2. The first-order valence-electron chi connectivity index (χ1n) is 6.37. The Morgan fingerprint density at radius 3 is 3.15 bits per heavy atom. The minimum Gasteiger partial charge on any atom is -0.354 e. The monoisotopic (exact) mass is 184 g/mol. The molecule has 70 valence electrons. The molecule has 0 aromatic heterocycles. The highest BCUT2D eigenvalue weighted by Gasteiger charge is 2.24. The van der Waals surface area contributed by atoms with Crippen LogP contribution in [0.4, 0.5) is 0 Å². The zero-order valence-corrected chi connectivity index (χ0v) is 6.93. The lowest BCUT2D eigenvalue weighted by Crippen LogP contribution is -2.39. The van der Waals surface area contributed by atoms with E-state index in [-0.39, 0.29) is 12.5 Å². The summed E-state index contributed by atoms with van der Waals surface area (Å²) in [6.07, 6.45) is -1.07. The van der Waals surface area contributed by atoms with Gasteiger partial charge in [0.1, 0.15) is 15.7 Å². The van der Waals surface area contributed by atoms with E-state index < -0.39 is 18.7 Å². The first-order chi connectivity index (χ1) is 8.39. The molecule has 0 saturated carbocycles. The van der Waals surface area contributed by atoms with Gasteiger partial charge in [0.05, 0.1) is 16.7 Å². The Bertz CT molecular complexity index is 416. The zero-order chi connectivity index (χ0) is 13.4. The lowest BCUT2D eigenvalue weighted by atomic mass is 10.0. The quantitative estimate of drug-likeness (QED) is 0.747. The minimum absolute atomic E-state index is 0.0101. The normalized spacial score (nSPS) is 44.1. The van der Waals surface area contributed by atoms with Crippen molar-refractivity contribution in [2.24, 2.45) is 5.72 Å². The maximum atomic E-state index is 8.10. The van der Waals surface area contributed by atoms with E-state index in [1.54, 1.807) is 30.3 Å². The number of benzene rings is 1. The van der Waals surface area contributed by atoms with Gasteiger partial charge in [0.25, 0.3) is 0 Å². The fourth-order valence-electron chi connectivity index (χ4n) is 1.22. The predicted molar refractivity (Wildman–Crippen MR) is 49.1 cm³/mol. The predicted octanol–water partition coefficient (Wildman–Crippen LogP) is 1.06. The summed E-state index contributed by atoms with van der Waals surface area (Å²) in [6.45, 7) is -2.80. The van der Waals surface area contributed by atoms with Gasteiger partial charge in [0.15, 0.2) is 0 Å². The molecule has 1 aliphatic heterocycles. The number of nitrogens with two attached hydrogens (primary N) is 1. The molecular weight excluding hydrogens is 166 g/mol. The molecule has 2 N–H and O–H groups in total. The van der Waals surface area contributed by atoms with Gasteiger partial charge in [0.2, 0.25) is 0 Å². The summed E-state index contributed by atoms with van der Waals surface area (Å²) in [7, 11) is 0. The van der Waals surface area contributed by atoms with E-state index in [1.165, 1.54) is 0 Å². The molecule has 2 unspecified atom stereocenters. The molecule has 0 spiro atoms. The second-order valence-corrected chi connectivity index (χ2v) is 2.71. The van der Waals surface area contributed by atoms with E-state index in [4.69, 9.17) is 16.4 Å². The summed E-state index contributed by atoms with van der Waals surface area (Å²) in [4.78, 5) is 0. The van der Waals surface area contributed by atoms with Crippen molar-refractivity contribution in [1.82, 2.24) is 0 Å². The van der Waals surface area contributed by atoms with Crippen LogP contribution in [-0.2, 0) is 9.47 Å². The van der Waals surface area contributed by atoms with Crippen molar-refractivity contribution in [3.05, 3.63) is 35.9 Å². The molecule has 3 heteroatoms. The van der Waals surface area contributed by atoms with Crippen LogP contribution in [0.5, 0.6) is 0 Å². The lowest BCUT2D eigenvalue weighted by Gasteiger charge is -2.29. The molecule has 0 bridgehead atoms. The largest absolute Gasteiger partial charge is 0.354 e. The van der Waals surface area contributed by atoms with Gasteiger partial charge in [-0.2, -0.15) is 0 Å². The van der Waals surface area contributed by atoms with Crippen LogP contribution in [0.1, 0.15) is 15.8 Å². The highest BCUT2D eigenvalue weighted by Crippen LogP contribution is 2.22. The second kappa shape index (κ2) is 3.87. The van der Waals surface area contributed by atoms with Crippen LogP contribution in [0.15, 0.2) is 30.3 Å². The Hall–Kier alpha value is -0.900. The summed E-state index contributed by atoms with van der Waals surface area (Å²) < 4.78 is 48.1. The van der Waals surface area contributed by atoms with Crippen LogP contribution in [0.2, 0.25) is 2.82 Å².